The van der Waals surface area contributed by atoms with Gasteiger partial charge in [0.15, 0.2) is 11.4 Å². The van der Waals surface area contributed by atoms with Gasteiger partial charge in [-0.05, 0) is 57.0 Å². The molecular formula is C20H21ClF3N5O2. The zero-order valence-electron chi connectivity index (χ0n) is 16.6. The topological polar surface area (TPSA) is 81.9 Å². The van der Waals surface area contributed by atoms with Gasteiger partial charge in [0.05, 0.1) is 12.2 Å². The minimum atomic E-state index is -4.86. The summed E-state index contributed by atoms with van der Waals surface area (Å²) in [6.07, 6.45) is -0.308. The molecule has 1 aliphatic rings. The van der Waals surface area contributed by atoms with Crippen molar-refractivity contribution in [1.29, 1.82) is 0 Å². The summed E-state index contributed by atoms with van der Waals surface area (Å²) in [5, 5.41) is 3.26. The maximum atomic E-state index is 13.4. The van der Waals surface area contributed by atoms with E-state index < -0.39 is 12.1 Å². The normalized spacial score (nSPS) is 15.0. The lowest BCUT2D eigenvalue weighted by atomic mass is 9.91. The first kappa shape index (κ1) is 23.0. The molecule has 166 valence electrons. The van der Waals surface area contributed by atoms with E-state index in [9.17, 15) is 18.0 Å². The number of alkyl halides is 3. The molecule has 0 atom stereocenters. The molecule has 0 amide bonds. The van der Waals surface area contributed by atoms with Crippen molar-refractivity contribution in [3.63, 3.8) is 0 Å². The predicted molar refractivity (Wildman–Crippen MR) is 111 cm³/mol. The van der Waals surface area contributed by atoms with Gasteiger partial charge in [0.2, 0.25) is 0 Å². The number of ether oxygens (including phenoxy) is 1. The zero-order valence-corrected chi connectivity index (χ0v) is 17.5. The van der Waals surface area contributed by atoms with E-state index in [0.29, 0.717) is 22.4 Å². The third-order valence-corrected chi connectivity index (χ3v) is 5.10. The van der Waals surface area contributed by atoms with Crippen LogP contribution in [0.4, 0.5) is 13.2 Å². The van der Waals surface area contributed by atoms with Crippen molar-refractivity contribution in [2.75, 3.05) is 13.1 Å². The molecule has 4 heterocycles. The number of hydrogen-bond donors (Lipinski definition) is 1. The lowest BCUT2D eigenvalue weighted by Gasteiger charge is -2.23. The standard InChI is InChI=1S/C20H20F3N5O2.ClH/c1-12-10-26-15-9-14(13-4-7-24-8-5-13)19(29)28(18(15)27-12)11-16-17(3-2-6-25-16)30-20(21,22)23;/h2-3,6,9-10,13,24H,4-5,7-8,11H2,1H3;1H. The van der Waals surface area contributed by atoms with Crippen LogP contribution in [0.5, 0.6) is 5.75 Å². The molecule has 0 aromatic carbocycles. The highest BCUT2D eigenvalue weighted by atomic mass is 35.5. The summed E-state index contributed by atoms with van der Waals surface area (Å²) >= 11 is 0. The highest BCUT2D eigenvalue weighted by Crippen LogP contribution is 2.27. The Balaban J connectivity index is 0.00000272. The second-order valence-electron chi connectivity index (χ2n) is 7.23. The molecule has 0 radical (unpaired) electrons. The van der Waals surface area contributed by atoms with Crippen molar-refractivity contribution < 1.29 is 17.9 Å². The highest BCUT2D eigenvalue weighted by molar-refractivity contribution is 5.85. The van der Waals surface area contributed by atoms with E-state index in [4.69, 9.17) is 0 Å². The van der Waals surface area contributed by atoms with Crippen molar-refractivity contribution >= 4 is 23.6 Å². The fraction of sp³-hybridized carbons (Fsp3) is 0.400. The number of halogens is 4. The van der Waals surface area contributed by atoms with Gasteiger partial charge in [0, 0.05) is 18.0 Å². The van der Waals surface area contributed by atoms with E-state index in [1.807, 2.05) is 0 Å². The number of piperidine rings is 1. The average molecular weight is 456 g/mol. The number of hydrogen-bond acceptors (Lipinski definition) is 6. The molecule has 1 aliphatic heterocycles. The lowest BCUT2D eigenvalue weighted by molar-refractivity contribution is -0.275. The van der Waals surface area contributed by atoms with Crippen molar-refractivity contribution in [3.8, 4) is 5.75 Å². The van der Waals surface area contributed by atoms with Crippen LogP contribution < -0.4 is 15.6 Å². The third kappa shape index (κ3) is 5.13. The number of nitrogens with zero attached hydrogens (tertiary/aromatic N) is 4. The first-order valence-electron chi connectivity index (χ1n) is 9.59. The van der Waals surface area contributed by atoms with Gasteiger partial charge in [-0.15, -0.1) is 25.6 Å². The van der Waals surface area contributed by atoms with E-state index in [1.54, 1.807) is 19.2 Å². The summed E-state index contributed by atoms with van der Waals surface area (Å²) in [5.74, 6) is -0.398. The molecule has 0 aliphatic carbocycles. The zero-order chi connectivity index (χ0) is 21.3. The fourth-order valence-corrected chi connectivity index (χ4v) is 3.72. The van der Waals surface area contributed by atoms with Crippen molar-refractivity contribution in [2.45, 2.75) is 38.6 Å². The van der Waals surface area contributed by atoms with Crippen molar-refractivity contribution in [1.82, 2.24) is 24.8 Å². The van der Waals surface area contributed by atoms with Crippen molar-refractivity contribution in [2.24, 2.45) is 0 Å². The Morgan fingerprint density at radius 2 is 2.00 bits per heavy atom. The molecule has 1 saturated heterocycles. The van der Waals surface area contributed by atoms with E-state index in [-0.39, 0.29) is 36.1 Å². The van der Waals surface area contributed by atoms with E-state index in [0.717, 1.165) is 25.9 Å². The van der Waals surface area contributed by atoms with Crippen LogP contribution in [0, 0.1) is 6.92 Å². The summed E-state index contributed by atoms with van der Waals surface area (Å²) in [5.41, 5.74) is 1.71. The first-order valence-corrected chi connectivity index (χ1v) is 9.59. The van der Waals surface area contributed by atoms with Crippen LogP contribution in [0.15, 0.2) is 35.4 Å². The van der Waals surface area contributed by atoms with Gasteiger partial charge in [-0.2, -0.15) is 0 Å². The minimum Gasteiger partial charge on any atom is -0.404 e. The van der Waals surface area contributed by atoms with Gasteiger partial charge in [-0.25, -0.2) is 4.98 Å². The molecule has 3 aromatic heterocycles. The Labute approximate surface area is 182 Å². The van der Waals surface area contributed by atoms with E-state index in [1.165, 1.54) is 22.9 Å². The molecule has 7 nitrogen and oxygen atoms in total. The predicted octanol–water partition coefficient (Wildman–Crippen LogP) is 3.33. The van der Waals surface area contributed by atoms with E-state index in [2.05, 4.69) is 25.0 Å². The van der Waals surface area contributed by atoms with Crippen molar-refractivity contribution in [3.05, 3.63) is 57.9 Å². The quantitative estimate of drug-likeness (QED) is 0.650. The Morgan fingerprint density at radius 1 is 1.26 bits per heavy atom. The molecule has 0 spiro atoms. The van der Waals surface area contributed by atoms with Gasteiger partial charge >= 0.3 is 6.36 Å². The van der Waals surface area contributed by atoms with E-state index >= 15 is 0 Å². The van der Waals surface area contributed by atoms with Crippen LogP contribution >= 0.6 is 12.4 Å². The highest BCUT2D eigenvalue weighted by Gasteiger charge is 2.32. The third-order valence-electron chi connectivity index (χ3n) is 5.10. The summed E-state index contributed by atoms with van der Waals surface area (Å²) in [7, 11) is 0. The first-order chi connectivity index (χ1) is 14.3. The smallest absolute Gasteiger partial charge is 0.404 e. The molecule has 1 N–H and O–H groups in total. The molecule has 4 rings (SSSR count). The molecule has 0 unspecified atom stereocenters. The average Bonchev–Trinajstić information content (AvgIpc) is 2.71. The van der Waals surface area contributed by atoms with Gasteiger partial charge in [0.1, 0.15) is 11.2 Å². The van der Waals surface area contributed by atoms with Gasteiger partial charge in [-0.1, -0.05) is 0 Å². The van der Waals surface area contributed by atoms with Gasteiger partial charge in [0.25, 0.3) is 5.56 Å². The van der Waals surface area contributed by atoms with Crippen LogP contribution in [-0.2, 0) is 6.54 Å². The molecule has 3 aromatic rings. The molecule has 31 heavy (non-hydrogen) atoms. The number of pyridine rings is 2. The van der Waals surface area contributed by atoms with Crippen LogP contribution in [0.25, 0.3) is 11.2 Å². The fourth-order valence-electron chi connectivity index (χ4n) is 3.72. The summed E-state index contributed by atoms with van der Waals surface area (Å²) in [6.45, 7) is 3.12. The Bertz CT molecular complexity index is 1130. The second-order valence-corrected chi connectivity index (χ2v) is 7.23. The minimum absolute atomic E-state index is 0. The molecule has 1 fully saturated rings. The largest absolute Gasteiger partial charge is 0.573 e. The van der Waals surface area contributed by atoms with Gasteiger partial charge in [-0.3, -0.25) is 19.3 Å². The Hall–Kier alpha value is -2.72. The molecule has 11 heteroatoms. The molecular weight excluding hydrogens is 435 g/mol. The number of aryl methyl sites for hydroxylation is 1. The lowest BCUT2D eigenvalue weighted by Crippen LogP contribution is -2.33. The number of aromatic nitrogens is 4. The molecule has 0 bridgehead atoms. The Morgan fingerprint density at radius 3 is 2.71 bits per heavy atom. The van der Waals surface area contributed by atoms with Crippen LogP contribution in [0.2, 0.25) is 0 Å². The summed E-state index contributed by atoms with van der Waals surface area (Å²) < 4.78 is 43.9. The summed E-state index contributed by atoms with van der Waals surface area (Å²) in [4.78, 5) is 26.2. The monoisotopic (exact) mass is 455 g/mol. The van der Waals surface area contributed by atoms with Crippen LogP contribution in [0.3, 0.4) is 0 Å². The van der Waals surface area contributed by atoms with Gasteiger partial charge < -0.3 is 10.1 Å². The molecule has 0 saturated carbocycles. The second kappa shape index (κ2) is 9.19. The maximum absolute atomic E-state index is 13.4. The number of rotatable bonds is 4. The number of nitrogens with one attached hydrogen (secondary N) is 1. The SMILES string of the molecule is Cc1cnc2cc(C3CCNCC3)c(=O)n(Cc3ncccc3OC(F)(F)F)c2n1.Cl. The van der Waals surface area contributed by atoms with Crippen LogP contribution in [0.1, 0.15) is 35.7 Å². The summed E-state index contributed by atoms with van der Waals surface area (Å²) in [6, 6.07) is 4.28. The maximum Gasteiger partial charge on any atom is 0.573 e. The van der Waals surface area contributed by atoms with Crippen LogP contribution in [-0.4, -0.2) is 39.0 Å². The number of fused-ring (bicyclic) bond motifs is 1. The Kier molecular flexibility index (Phi) is 6.80.